The third-order valence-electron chi connectivity index (χ3n) is 5.68. The summed E-state index contributed by atoms with van der Waals surface area (Å²) in [5.74, 6) is -1.23. The second-order valence-corrected chi connectivity index (χ2v) is 8.72. The lowest BCUT2D eigenvalue weighted by Crippen LogP contribution is -2.46. The third kappa shape index (κ3) is 8.60. The number of carbonyl (C=O) groups is 2. The molecule has 1 aliphatic rings. The number of piperazine rings is 1. The van der Waals surface area contributed by atoms with Gasteiger partial charge in [-0.25, -0.2) is 10.0 Å². The molecule has 2 amide bonds. The van der Waals surface area contributed by atoms with Crippen LogP contribution in [-0.2, 0) is 15.8 Å². The van der Waals surface area contributed by atoms with Crippen LogP contribution in [0.2, 0.25) is 0 Å². The molecule has 0 radical (unpaired) electrons. The Kier molecular flexibility index (Phi) is 10.3. The second kappa shape index (κ2) is 12.7. The van der Waals surface area contributed by atoms with E-state index in [-0.39, 0.29) is 18.8 Å². The zero-order valence-corrected chi connectivity index (χ0v) is 19.8. The lowest BCUT2D eigenvalue weighted by atomic mass is 9.97. The summed E-state index contributed by atoms with van der Waals surface area (Å²) in [6.45, 7) is 9.14. The van der Waals surface area contributed by atoms with Crippen molar-refractivity contribution in [1.29, 1.82) is 0 Å². The molecule has 3 N–H and O–H groups in total. The van der Waals surface area contributed by atoms with E-state index in [1.807, 2.05) is 20.8 Å². The molecular formula is C21H34F3N7O3. The minimum absolute atomic E-state index is 0.116. The Bertz CT molecular complexity index is 802. The number of amides is 2. The average Bonchev–Trinajstić information content (AvgIpc) is 2.80. The Hall–Kier alpha value is -2.67. The van der Waals surface area contributed by atoms with Crippen LogP contribution in [0.1, 0.15) is 45.7 Å². The molecule has 0 aromatic carbocycles. The summed E-state index contributed by atoms with van der Waals surface area (Å²) in [5, 5.41) is 9.89. The summed E-state index contributed by atoms with van der Waals surface area (Å²) in [4.78, 5) is 35.1. The molecule has 1 unspecified atom stereocenters. The molecule has 1 atom stereocenters. The van der Waals surface area contributed by atoms with Crippen molar-refractivity contribution < 1.29 is 28.0 Å². The molecule has 1 fully saturated rings. The highest BCUT2D eigenvalue weighted by molar-refractivity contribution is 5.80. The second-order valence-electron chi connectivity index (χ2n) is 8.72. The van der Waals surface area contributed by atoms with Gasteiger partial charge >= 0.3 is 6.18 Å². The SMILES string of the molecule is CCN1CCN(c2cc(C(F)(F)F)nc(NNC(=O)C(CCCC(C)C)CN(O)C=O)n2)CC1. The quantitative estimate of drug-likeness (QED) is 0.233. The summed E-state index contributed by atoms with van der Waals surface area (Å²) in [5.41, 5.74) is 3.59. The number of likely N-dealkylation sites (N-methyl/N-ethyl adjacent to an activating group) is 1. The molecule has 34 heavy (non-hydrogen) atoms. The number of anilines is 2. The number of alkyl halides is 3. The van der Waals surface area contributed by atoms with Gasteiger partial charge in [0.2, 0.25) is 18.3 Å². The number of halogens is 3. The Morgan fingerprint density at radius 1 is 1.24 bits per heavy atom. The van der Waals surface area contributed by atoms with E-state index in [0.29, 0.717) is 50.0 Å². The van der Waals surface area contributed by atoms with Crippen molar-refractivity contribution in [2.24, 2.45) is 11.8 Å². The van der Waals surface area contributed by atoms with E-state index >= 15 is 0 Å². The van der Waals surface area contributed by atoms with Gasteiger partial charge in [0.25, 0.3) is 0 Å². The van der Waals surface area contributed by atoms with Crippen LogP contribution in [0.25, 0.3) is 0 Å². The number of hydroxylamine groups is 2. The van der Waals surface area contributed by atoms with Crippen LogP contribution in [0.15, 0.2) is 6.07 Å². The molecule has 10 nitrogen and oxygen atoms in total. The summed E-state index contributed by atoms with van der Waals surface area (Å²) in [6.07, 6.45) is -2.60. The molecule has 0 spiro atoms. The van der Waals surface area contributed by atoms with Crippen molar-refractivity contribution in [2.75, 3.05) is 49.6 Å². The fraction of sp³-hybridized carbons (Fsp3) is 0.714. The van der Waals surface area contributed by atoms with Crippen LogP contribution in [0.3, 0.4) is 0 Å². The topological polar surface area (TPSA) is 114 Å². The maximum Gasteiger partial charge on any atom is 0.433 e. The van der Waals surface area contributed by atoms with Crippen molar-refractivity contribution in [2.45, 2.75) is 46.2 Å². The van der Waals surface area contributed by atoms with E-state index in [0.717, 1.165) is 19.0 Å². The van der Waals surface area contributed by atoms with Gasteiger partial charge in [0.05, 0.1) is 12.5 Å². The van der Waals surface area contributed by atoms with Gasteiger partial charge in [-0.05, 0) is 18.9 Å². The van der Waals surface area contributed by atoms with Crippen LogP contribution in [0.4, 0.5) is 24.9 Å². The van der Waals surface area contributed by atoms with Gasteiger partial charge in [0, 0.05) is 32.2 Å². The summed E-state index contributed by atoms with van der Waals surface area (Å²) < 4.78 is 40.3. The van der Waals surface area contributed by atoms with E-state index in [1.54, 1.807) is 4.90 Å². The normalized spacial score (nSPS) is 15.8. The number of hydrogen-bond donors (Lipinski definition) is 3. The lowest BCUT2D eigenvalue weighted by Gasteiger charge is -2.35. The molecule has 1 aromatic heterocycles. The molecule has 0 bridgehead atoms. The standard InChI is InChI=1S/C21H34F3N7O3/c1-4-29-8-10-30(11-9-29)18-12-17(21(22,23)24)25-20(26-18)28-27-19(33)16(13-31(34)14-32)7-5-6-15(2)3/h12,14-16,34H,4-11,13H2,1-3H3,(H,27,33)(H,25,26,28). The number of hydrazine groups is 1. The highest BCUT2D eigenvalue weighted by Crippen LogP contribution is 2.30. The number of nitrogens with one attached hydrogen (secondary N) is 2. The van der Waals surface area contributed by atoms with Gasteiger partial charge in [0.15, 0.2) is 5.69 Å². The first-order valence-corrected chi connectivity index (χ1v) is 11.4. The molecule has 1 saturated heterocycles. The minimum atomic E-state index is -4.69. The van der Waals surface area contributed by atoms with Crippen LogP contribution in [0.5, 0.6) is 0 Å². The van der Waals surface area contributed by atoms with Crippen molar-refractivity contribution >= 4 is 24.1 Å². The molecule has 0 saturated carbocycles. The summed E-state index contributed by atoms with van der Waals surface area (Å²) in [7, 11) is 0. The van der Waals surface area contributed by atoms with Crippen molar-refractivity contribution in [3.63, 3.8) is 0 Å². The Labute approximate surface area is 197 Å². The zero-order chi connectivity index (χ0) is 25.3. The van der Waals surface area contributed by atoms with Gasteiger partial charge < -0.3 is 9.80 Å². The number of carbonyl (C=O) groups excluding carboxylic acids is 2. The Morgan fingerprint density at radius 2 is 1.91 bits per heavy atom. The lowest BCUT2D eigenvalue weighted by molar-refractivity contribution is -0.154. The van der Waals surface area contributed by atoms with Crippen LogP contribution in [-0.4, -0.2) is 76.7 Å². The maximum absolute atomic E-state index is 13.4. The van der Waals surface area contributed by atoms with E-state index in [9.17, 15) is 28.0 Å². The highest BCUT2D eigenvalue weighted by Gasteiger charge is 2.34. The smallest absolute Gasteiger partial charge is 0.354 e. The van der Waals surface area contributed by atoms with E-state index in [2.05, 4.69) is 25.7 Å². The van der Waals surface area contributed by atoms with Crippen molar-refractivity contribution in [3.8, 4) is 0 Å². The first-order valence-electron chi connectivity index (χ1n) is 11.4. The molecule has 1 aromatic rings. The van der Waals surface area contributed by atoms with E-state index < -0.39 is 29.6 Å². The number of hydrogen-bond acceptors (Lipinski definition) is 8. The van der Waals surface area contributed by atoms with Crippen molar-refractivity contribution in [1.82, 2.24) is 25.4 Å². The van der Waals surface area contributed by atoms with Gasteiger partial charge in [0.1, 0.15) is 5.82 Å². The van der Waals surface area contributed by atoms with E-state index in [1.165, 1.54) is 0 Å². The van der Waals surface area contributed by atoms with Gasteiger partial charge in [-0.3, -0.25) is 25.6 Å². The molecule has 0 aliphatic carbocycles. The number of nitrogens with zero attached hydrogens (tertiary/aromatic N) is 5. The van der Waals surface area contributed by atoms with Crippen LogP contribution >= 0.6 is 0 Å². The summed E-state index contributed by atoms with van der Waals surface area (Å²) in [6, 6.07) is 0.900. The molecule has 2 heterocycles. The van der Waals surface area contributed by atoms with Crippen LogP contribution < -0.4 is 15.8 Å². The number of rotatable bonds is 12. The van der Waals surface area contributed by atoms with Gasteiger partial charge in [-0.15, -0.1) is 0 Å². The molecule has 2 rings (SSSR count). The number of aromatic nitrogens is 2. The summed E-state index contributed by atoms with van der Waals surface area (Å²) >= 11 is 0. The predicted molar refractivity (Wildman–Crippen MR) is 120 cm³/mol. The molecular weight excluding hydrogens is 455 g/mol. The monoisotopic (exact) mass is 489 g/mol. The Balaban J connectivity index is 2.13. The van der Waals surface area contributed by atoms with E-state index in [4.69, 9.17) is 0 Å². The fourth-order valence-electron chi connectivity index (χ4n) is 3.66. The molecule has 13 heteroatoms. The average molecular weight is 490 g/mol. The zero-order valence-electron chi connectivity index (χ0n) is 19.8. The third-order valence-corrected chi connectivity index (χ3v) is 5.68. The predicted octanol–water partition coefficient (Wildman–Crippen LogP) is 2.37. The minimum Gasteiger partial charge on any atom is -0.354 e. The first kappa shape index (κ1) is 27.6. The molecule has 192 valence electrons. The van der Waals surface area contributed by atoms with Gasteiger partial charge in [-0.2, -0.15) is 18.2 Å². The molecule has 1 aliphatic heterocycles. The van der Waals surface area contributed by atoms with Gasteiger partial charge in [-0.1, -0.05) is 33.6 Å². The fourth-order valence-corrected chi connectivity index (χ4v) is 3.66. The largest absolute Gasteiger partial charge is 0.433 e. The highest BCUT2D eigenvalue weighted by atomic mass is 19.4. The maximum atomic E-state index is 13.4. The van der Waals surface area contributed by atoms with Crippen molar-refractivity contribution in [3.05, 3.63) is 11.8 Å². The van der Waals surface area contributed by atoms with Crippen LogP contribution in [0, 0.1) is 11.8 Å². The Morgan fingerprint density at radius 3 is 2.47 bits per heavy atom. The first-order chi connectivity index (χ1) is 16.0.